The highest BCUT2D eigenvalue weighted by Crippen LogP contribution is 2.39. The first-order valence-electron chi connectivity index (χ1n) is 6.91. The van der Waals surface area contributed by atoms with Gasteiger partial charge in [0.05, 0.1) is 11.2 Å². The summed E-state index contributed by atoms with van der Waals surface area (Å²) in [7, 11) is 0. The van der Waals surface area contributed by atoms with Crippen molar-refractivity contribution in [2.75, 3.05) is 5.73 Å². The first kappa shape index (κ1) is 13.3. The van der Waals surface area contributed by atoms with Crippen molar-refractivity contribution in [2.24, 2.45) is 0 Å². The molecule has 2 aromatic heterocycles. The number of pyridine rings is 1. The zero-order valence-corrected chi connectivity index (χ0v) is 12.4. The van der Waals surface area contributed by atoms with Crippen LogP contribution in [-0.2, 0) is 0 Å². The highest BCUT2D eigenvalue weighted by Gasteiger charge is 2.19. The highest BCUT2D eigenvalue weighted by molar-refractivity contribution is 5.96. The van der Waals surface area contributed by atoms with Gasteiger partial charge in [0, 0.05) is 11.8 Å². The summed E-state index contributed by atoms with van der Waals surface area (Å²) >= 11 is 0. The molecule has 0 aliphatic heterocycles. The van der Waals surface area contributed by atoms with Gasteiger partial charge in [-0.05, 0) is 49.6 Å². The van der Waals surface area contributed by atoms with Crippen LogP contribution in [-0.4, -0.2) is 4.40 Å². The largest absolute Gasteiger partial charge is 0.396 e. The number of nitrogens with zero attached hydrogens (tertiary/aromatic N) is 2. The molecule has 0 spiro atoms. The van der Waals surface area contributed by atoms with Gasteiger partial charge in [-0.2, -0.15) is 5.26 Å². The molecule has 0 amide bonds. The minimum absolute atomic E-state index is 0.500. The zero-order chi connectivity index (χ0) is 15.1. The van der Waals surface area contributed by atoms with Crippen LogP contribution in [0, 0.1) is 32.1 Å². The first-order chi connectivity index (χ1) is 10.0. The molecule has 104 valence electrons. The summed E-state index contributed by atoms with van der Waals surface area (Å²) in [4.78, 5) is 0. The fraction of sp³-hybridized carbons (Fsp3) is 0.167. The van der Waals surface area contributed by atoms with E-state index in [9.17, 15) is 5.26 Å². The summed E-state index contributed by atoms with van der Waals surface area (Å²) in [5.41, 5.74) is 14.0. The number of aromatic nitrogens is 1. The average Bonchev–Trinajstić information content (AvgIpc) is 2.70. The maximum Gasteiger partial charge on any atom is 0.148 e. The van der Waals surface area contributed by atoms with Crippen LogP contribution in [0.5, 0.6) is 0 Å². The summed E-state index contributed by atoms with van der Waals surface area (Å²) in [6, 6.07) is 12.4. The van der Waals surface area contributed by atoms with Gasteiger partial charge < -0.3 is 10.1 Å². The fourth-order valence-corrected chi connectivity index (χ4v) is 3.18. The minimum atomic E-state index is 0.500. The zero-order valence-electron chi connectivity index (χ0n) is 12.4. The Hall–Kier alpha value is -2.73. The Morgan fingerprint density at radius 2 is 1.71 bits per heavy atom. The van der Waals surface area contributed by atoms with Crippen LogP contribution >= 0.6 is 0 Å². The topological polar surface area (TPSA) is 54.2 Å². The number of nitrogens with two attached hydrogens (primary N) is 1. The molecule has 0 aliphatic carbocycles. The number of nitriles is 1. The standard InChI is InChI=1S/C18H17N3/c1-11-8-12(2)16(13(3)9-11)17-14-6-4-5-7-21(14)15(10-19)18(17)20/h4-9H,20H2,1-3H3. The fourth-order valence-electron chi connectivity index (χ4n) is 3.18. The molecule has 0 bridgehead atoms. The van der Waals surface area contributed by atoms with Crippen molar-refractivity contribution in [3.63, 3.8) is 0 Å². The second-order valence-corrected chi connectivity index (χ2v) is 5.48. The van der Waals surface area contributed by atoms with E-state index >= 15 is 0 Å². The Morgan fingerprint density at radius 3 is 2.33 bits per heavy atom. The van der Waals surface area contributed by atoms with Crippen LogP contribution < -0.4 is 5.73 Å². The first-order valence-corrected chi connectivity index (χ1v) is 6.91. The molecule has 0 saturated carbocycles. The number of anilines is 1. The van der Waals surface area contributed by atoms with Crippen LogP contribution in [0.2, 0.25) is 0 Å². The number of nitrogen functional groups attached to an aromatic ring is 1. The monoisotopic (exact) mass is 275 g/mol. The van der Waals surface area contributed by atoms with Crippen molar-refractivity contribution in [1.29, 1.82) is 5.26 Å². The van der Waals surface area contributed by atoms with E-state index in [2.05, 4.69) is 39.0 Å². The van der Waals surface area contributed by atoms with Gasteiger partial charge in [-0.25, -0.2) is 0 Å². The summed E-state index contributed by atoms with van der Waals surface area (Å²) in [6.45, 7) is 6.27. The molecule has 3 nitrogen and oxygen atoms in total. The molecule has 1 aromatic carbocycles. The van der Waals surface area contributed by atoms with Crippen LogP contribution in [0.4, 0.5) is 5.69 Å². The Labute approximate surface area is 124 Å². The maximum atomic E-state index is 9.41. The summed E-state index contributed by atoms with van der Waals surface area (Å²) < 4.78 is 1.86. The molecular weight excluding hydrogens is 258 g/mol. The van der Waals surface area contributed by atoms with E-state index in [1.54, 1.807) is 0 Å². The summed E-state index contributed by atoms with van der Waals surface area (Å²) in [5, 5.41) is 9.41. The van der Waals surface area contributed by atoms with Gasteiger partial charge in [-0.15, -0.1) is 0 Å². The van der Waals surface area contributed by atoms with Gasteiger partial charge in [0.15, 0.2) is 0 Å². The van der Waals surface area contributed by atoms with Gasteiger partial charge in [0.2, 0.25) is 0 Å². The highest BCUT2D eigenvalue weighted by atomic mass is 14.9. The minimum Gasteiger partial charge on any atom is -0.396 e. The van der Waals surface area contributed by atoms with Gasteiger partial charge in [0.25, 0.3) is 0 Å². The molecule has 0 radical (unpaired) electrons. The molecular formula is C18H17N3. The van der Waals surface area contributed by atoms with E-state index in [-0.39, 0.29) is 0 Å². The molecule has 0 unspecified atom stereocenters. The van der Waals surface area contributed by atoms with Crippen molar-refractivity contribution in [3.8, 4) is 17.2 Å². The third-order valence-electron chi connectivity index (χ3n) is 3.91. The number of benzene rings is 1. The van der Waals surface area contributed by atoms with Crippen LogP contribution in [0.15, 0.2) is 36.5 Å². The molecule has 21 heavy (non-hydrogen) atoms. The van der Waals surface area contributed by atoms with Crippen molar-refractivity contribution in [1.82, 2.24) is 4.40 Å². The molecule has 3 aromatic rings. The number of fused-ring (bicyclic) bond motifs is 1. The van der Waals surface area contributed by atoms with E-state index in [0.717, 1.165) is 16.6 Å². The smallest absolute Gasteiger partial charge is 0.148 e. The molecule has 2 heterocycles. The Balaban J connectivity index is 2.48. The quantitative estimate of drug-likeness (QED) is 0.730. The SMILES string of the molecule is Cc1cc(C)c(-c2c(N)c(C#N)n3ccccc23)c(C)c1. The predicted octanol–water partition coefficient (Wildman–Crippen LogP) is 3.99. The molecule has 0 saturated heterocycles. The van der Waals surface area contributed by atoms with E-state index in [4.69, 9.17) is 5.73 Å². The van der Waals surface area contributed by atoms with Gasteiger partial charge in [0.1, 0.15) is 11.8 Å². The molecule has 0 atom stereocenters. The molecule has 0 fully saturated rings. The van der Waals surface area contributed by atoms with Crippen molar-refractivity contribution in [3.05, 3.63) is 58.9 Å². The second kappa shape index (κ2) is 4.68. The van der Waals surface area contributed by atoms with E-state index in [1.807, 2.05) is 28.8 Å². The number of hydrogen-bond acceptors (Lipinski definition) is 2. The van der Waals surface area contributed by atoms with Crippen LogP contribution in [0.25, 0.3) is 16.6 Å². The second-order valence-electron chi connectivity index (χ2n) is 5.48. The van der Waals surface area contributed by atoms with E-state index < -0.39 is 0 Å². The van der Waals surface area contributed by atoms with Crippen molar-refractivity contribution >= 4 is 11.2 Å². The lowest BCUT2D eigenvalue weighted by Gasteiger charge is -2.12. The Kier molecular flexibility index (Phi) is 2.95. The number of hydrogen-bond donors (Lipinski definition) is 1. The third-order valence-corrected chi connectivity index (χ3v) is 3.91. The number of aryl methyl sites for hydroxylation is 3. The summed E-state index contributed by atoms with van der Waals surface area (Å²) in [5.74, 6) is 0. The third kappa shape index (κ3) is 1.88. The van der Waals surface area contributed by atoms with Crippen LogP contribution in [0.1, 0.15) is 22.4 Å². The molecule has 0 aliphatic rings. The lowest BCUT2D eigenvalue weighted by atomic mass is 9.93. The lowest BCUT2D eigenvalue weighted by molar-refractivity contribution is 1.16. The average molecular weight is 275 g/mol. The van der Waals surface area contributed by atoms with Gasteiger partial charge in [-0.3, -0.25) is 0 Å². The lowest BCUT2D eigenvalue weighted by Crippen LogP contribution is -1.94. The van der Waals surface area contributed by atoms with E-state index in [1.165, 1.54) is 16.7 Å². The maximum absolute atomic E-state index is 9.41. The van der Waals surface area contributed by atoms with E-state index in [0.29, 0.717) is 11.4 Å². The van der Waals surface area contributed by atoms with Crippen molar-refractivity contribution in [2.45, 2.75) is 20.8 Å². The van der Waals surface area contributed by atoms with Gasteiger partial charge >= 0.3 is 0 Å². The number of rotatable bonds is 1. The molecule has 3 heteroatoms. The normalized spacial score (nSPS) is 10.8. The predicted molar refractivity (Wildman–Crippen MR) is 86.2 cm³/mol. The summed E-state index contributed by atoms with van der Waals surface area (Å²) in [6.07, 6.45) is 1.88. The Morgan fingerprint density at radius 1 is 1.05 bits per heavy atom. The van der Waals surface area contributed by atoms with Crippen LogP contribution in [0.3, 0.4) is 0 Å². The Bertz CT molecular complexity index is 872. The molecule has 2 N–H and O–H groups in total. The van der Waals surface area contributed by atoms with Gasteiger partial charge in [-0.1, -0.05) is 23.8 Å². The molecule has 3 rings (SSSR count). The van der Waals surface area contributed by atoms with Crippen molar-refractivity contribution < 1.29 is 0 Å².